The fourth-order valence-electron chi connectivity index (χ4n) is 1.65. The molecule has 1 rings (SSSR count). The molecule has 0 aromatic carbocycles. The Morgan fingerprint density at radius 3 is 2.60 bits per heavy atom. The zero-order valence-electron chi connectivity index (χ0n) is 7.10. The Hall–Kier alpha value is -0.0400. The van der Waals surface area contributed by atoms with Crippen LogP contribution in [0.25, 0.3) is 0 Å². The van der Waals surface area contributed by atoms with E-state index in [9.17, 15) is 0 Å². The molecule has 0 aromatic heterocycles. The fraction of sp³-hybridized carbons (Fsp3) is 1.00. The lowest BCUT2D eigenvalue weighted by molar-refractivity contribution is 0.132. The van der Waals surface area contributed by atoms with E-state index >= 15 is 0 Å². The summed E-state index contributed by atoms with van der Waals surface area (Å²) in [7, 11) is 1.79. The van der Waals surface area contributed by atoms with Crippen LogP contribution in [-0.4, -0.2) is 13.7 Å². The molecule has 10 heavy (non-hydrogen) atoms. The van der Waals surface area contributed by atoms with Gasteiger partial charge < -0.3 is 4.74 Å². The van der Waals surface area contributed by atoms with Gasteiger partial charge in [0.2, 0.25) is 0 Å². The highest BCUT2D eigenvalue weighted by atomic mass is 16.5. The van der Waals surface area contributed by atoms with Crippen molar-refractivity contribution in [3.8, 4) is 0 Å². The molecule has 1 unspecified atom stereocenters. The number of hydrogen-bond acceptors (Lipinski definition) is 1. The Labute approximate surface area is 63.8 Å². The summed E-state index contributed by atoms with van der Waals surface area (Å²) < 4.78 is 5.07. The van der Waals surface area contributed by atoms with Gasteiger partial charge in [0.25, 0.3) is 0 Å². The quantitative estimate of drug-likeness (QED) is 0.586. The van der Waals surface area contributed by atoms with Crippen LogP contribution in [0.3, 0.4) is 0 Å². The van der Waals surface area contributed by atoms with E-state index in [0.717, 1.165) is 18.4 Å². The molecule has 1 nitrogen and oxygen atoms in total. The van der Waals surface area contributed by atoms with Gasteiger partial charge >= 0.3 is 0 Å². The van der Waals surface area contributed by atoms with Crippen LogP contribution in [0.4, 0.5) is 0 Å². The summed E-state index contributed by atoms with van der Waals surface area (Å²) in [6, 6.07) is 0. The molecule has 0 heterocycles. The number of methoxy groups -OCH3 is 1. The van der Waals surface area contributed by atoms with Crippen LogP contribution in [0, 0.1) is 11.8 Å². The first-order valence-corrected chi connectivity index (χ1v) is 4.32. The van der Waals surface area contributed by atoms with E-state index in [2.05, 4.69) is 6.92 Å². The number of rotatable bonds is 4. The third kappa shape index (κ3) is 2.30. The molecule has 0 amide bonds. The van der Waals surface area contributed by atoms with Gasteiger partial charge in [-0.15, -0.1) is 0 Å². The summed E-state index contributed by atoms with van der Waals surface area (Å²) >= 11 is 0. The maximum absolute atomic E-state index is 5.07. The van der Waals surface area contributed by atoms with Gasteiger partial charge in [0.05, 0.1) is 0 Å². The van der Waals surface area contributed by atoms with E-state index < -0.39 is 0 Å². The van der Waals surface area contributed by atoms with Crippen molar-refractivity contribution < 1.29 is 4.74 Å². The van der Waals surface area contributed by atoms with Gasteiger partial charge in [-0.25, -0.2) is 0 Å². The lowest BCUT2D eigenvalue weighted by Crippen LogP contribution is -2.16. The lowest BCUT2D eigenvalue weighted by Gasteiger charge is -2.27. The predicted molar refractivity (Wildman–Crippen MR) is 43.0 cm³/mol. The summed E-state index contributed by atoms with van der Waals surface area (Å²) in [6.07, 6.45) is 5.78. The summed E-state index contributed by atoms with van der Waals surface area (Å²) in [5, 5.41) is 0. The maximum atomic E-state index is 5.07. The molecule has 0 aromatic rings. The minimum absolute atomic E-state index is 0.773. The van der Waals surface area contributed by atoms with Gasteiger partial charge in [0.1, 0.15) is 0 Å². The molecule has 1 heteroatoms. The van der Waals surface area contributed by atoms with E-state index in [4.69, 9.17) is 4.74 Å². The van der Waals surface area contributed by atoms with Crippen molar-refractivity contribution in [2.75, 3.05) is 13.7 Å². The molecule has 1 saturated carbocycles. The maximum Gasteiger partial charge on any atom is 0.0487 e. The Balaban J connectivity index is 1.99. The SMILES string of the molecule is COCC(C)CC1CCC1. The van der Waals surface area contributed by atoms with Crippen LogP contribution in [0.1, 0.15) is 32.6 Å². The zero-order valence-corrected chi connectivity index (χ0v) is 7.10. The van der Waals surface area contributed by atoms with Gasteiger partial charge in [-0.3, -0.25) is 0 Å². The Morgan fingerprint density at radius 1 is 1.50 bits per heavy atom. The third-order valence-corrected chi connectivity index (χ3v) is 2.41. The second kappa shape index (κ2) is 3.97. The summed E-state index contributed by atoms with van der Waals surface area (Å²) in [4.78, 5) is 0. The zero-order chi connectivity index (χ0) is 7.40. The molecule has 0 saturated heterocycles. The van der Waals surface area contributed by atoms with Crippen LogP contribution in [0.5, 0.6) is 0 Å². The van der Waals surface area contributed by atoms with Gasteiger partial charge in [-0.05, 0) is 18.3 Å². The lowest BCUT2D eigenvalue weighted by atomic mass is 9.79. The van der Waals surface area contributed by atoms with Crippen LogP contribution in [0.15, 0.2) is 0 Å². The monoisotopic (exact) mass is 142 g/mol. The van der Waals surface area contributed by atoms with Gasteiger partial charge in [-0.1, -0.05) is 26.2 Å². The molecule has 0 aliphatic heterocycles. The summed E-state index contributed by atoms with van der Waals surface area (Å²) in [5.74, 6) is 1.81. The molecular formula is C9H18O. The molecule has 1 fully saturated rings. The Kier molecular flexibility index (Phi) is 3.20. The molecule has 0 N–H and O–H groups in total. The first-order chi connectivity index (χ1) is 4.83. The minimum atomic E-state index is 0.773. The van der Waals surface area contributed by atoms with Crippen molar-refractivity contribution in [2.45, 2.75) is 32.6 Å². The van der Waals surface area contributed by atoms with Crippen LogP contribution in [0.2, 0.25) is 0 Å². The second-order valence-electron chi connectivity index (χ2n) is 3.59. The van der Waals surface area contributed by atoms with Crippen molar-refractivity contribution in [2.24, 2.45) is 11.8 Å². The minimum Gasteiger partial charge on any atom is -0.384 e. The van der Waals surface area contributed by atoms with E-state index in [1.807, 2.05) is 0 Å². The van der Waals surface area contributed by atoms with Crippen molar-refractivity contribution in [3.63, 3.8) is 0 Å². The molecule has 1 aliphatic rings. The van der Waals surface area contributed by atoms with Crippen molar-refractivity contribution in [1.82, 2.24) is 0 Å². The highest BCUT2D eigenvalue weighted by Crippen LogP contribution is 2.31. The number of ether oxygens (including phenoxy) is 1. The Morgan fingerprint density at radius 2 is 2.20 bits per heavy atom. The van der Waals surface area contributed by atoms with Crippen LogP contribution >= 0.6 is 0 Å². The fourth-order valence-corrected chi connectivity index (χ4v) is 1.65. The predicted octanol–water partition coefficient (Wildman–Crippen LogP) is 2.46. The van der Waals surface area contributed by atoms with E-state index in [0.29, 0.717) is 0 Å². The van der Waals surface area contributed by atoms with Gasteiger partial charge in [0, 0.05) is 13.7 Å². The largest absolute Gasteiger partial charge is 0.384 e. The van der Waals surface area contributed by atoms with Crippen molar-refractivity contribution >= 4 is 0 Å². The first-order valence-electron chi connectivity index (χ1n) is 4.32. The average molecular weight is 142 g/mol. The third-order valence-electron chi connectivity index (χ3n) is 2.41. The van der Waals surface area contributed by atoms with Gasteiger partial charge in [0.15, 0.2) is 0 Å². The molecule has 1 aliphatic carbocycles. The number of hydrogen-bond donors (Lipinski definition) is 0. The Bertz CT molecular complexity index is 86.7. The first kappa shape index (κ1) is 8.06. The molecule has 0 radical (unpaired) electrons. The summed E-state index contributed by atoms with van der Waals surface area (Å²) in [5.41, 5.74) is 0. The van der Waals surface area contributed by atoms with Crippen molar-refractivity contribution in [3.05, 3.63) is 0 Å². The van der Waals surface area contributed by atoms with E-state index in [-0.39, 0.29) is 0 Å². The normalized spacial score (nSPS) is 22.2. The van der Waals surface area contributed by atoms with Crippen molar-refractivity contribution in [1.29, 1.82) is 0 Å². The standard InChI is InChI=1S/C9H18O/c1-8(7-10-2)6-9-4-3-5-9/h8-9H,3-7H2,1-2H3. The summed E-state index contributed by atoms with van der Waals surface area (Å²) in [6.45, 7) is 3.22. The molecule has 60 valence electrons. The second-order valence-corrected chi connectivity index (χ2v) is 3.59. The highest BCUT2D eigenvalue weighted by Gasteiger charge is 2.19. The van der Waals surface area contributed by atoms with E-state index in [1.54, 1.807) is 7.11 Å². The van der Waals surface area contributed by atoms with Crippen LogP contribution < -0.4 is 0 Å². The molecule has 0 spiro atoms. The van der Waals surface area contributed by atoms with Crippen LogP contribution in [-0.2, 0) is 4.74 Å². The topological polar surface area (TPSA) is 9.23 Å². The smallest absolute Gasteiger partial charge is 0.0487 e. The molecule has 0 bridgehead atoms. The molecular weight excluding hydrogens is 124 g/mol. The average Bonchev–Trinajstić information content (AvgIpc) is 1.80. The highest BCUT2D eigenvalue weighted by molar-refractivity contribution is 4.71. The van der Waals surface area contributed by atoms with E-state index in [1.165, 1.54) is 25.7 Å². The molecule has 1 atom stereocenters. The van der Waals surface area contributed by atoms with Gasteiger partial charge in [-0.2, -0.15) is 0 Å².